The Balaban J connectivity index is 0.00000112. The molecule has 0 atom stereocenters. The molecule has 0 amide bonds. The smallest absolute Gasteiger partial charge is 0.416 e. The highest BCUT2D eigenvalue weighted by molar-refractivity contribution is 6.37. The minimum Gasteiger partial charge on any atom is -1.00 e. The summed E-state index contributed by atoms with van der Waals surface area (Å²) in [5.41, 5.74) is 21.6. The number of hydrogen-bond donors (Lipinski definition) is 1. The third-order valence-corrected chi connectivity index (χ3v) is 17.3. The highest BCUT2D eigenvalue weighted by Gasteiger charge is 2.35. The van der Waals surface area contributed by atoms with E-state index < -0.39 is 37.9 Å². The molecule has 13 heteroatoms. The Hall–Kier alpha value is -5.36. The van der Waals surface area contributed by atoms with Gasteiger partial charge in [-0.3, -0.25) is 20.2 Å². The van der Waals surface area contributed by atoms with Crippen molar-refractivity contribution in [2.45, 2.75) is 212 Å². The summed E-state index contributed by atoms with van der Waals surface area (Å²) in [5.74, 6) is 0. The lowest BCUT2D eigenvalue weighted by molar-refractivity contribution is -0.894. The van der Waals surface area contributed by atoms with E-state index in [0.29, 0.717) is 33.9 Å². The van der Waals surface area contributed by atoms with Crippen LogP contribution in [0.4, 0.5) is 11.4 Å². The second kappa shape index (κ2) is 27.5. The zero-order valence-corrected chi connectivity index (χ0v) is 51.8. The molecule has 0 radical (unpaired) electrons. The summed E-state index contributed by atoms with van der Waals surface area (Å²) < 4.78 is 10.7. The Bertz CT molecular complexity index is 3250. The highest BCUT2D eigenvalue weighted by Crippen LogP contribution is 2.42. The Morgan fingerprint density at radius 1 is 0.442 bits per heavy atom. The third-order valence-electron chi connectivity index (χ3n) is 17.0. The average molecular weight is 1110 g/mol. The van der Waals surface area contributed by atoms with Gasteiger partial charge in [-0.25, -0.2) is 9.59 Å². The zero-order valence-electron chi connectivity index (χ0n) is 50.2. The third kappa shape index (κ3) is 14.1. The molecular weight excluding hydrogens is 1010 g/mol. The molecule has 0 fully saturated rings. The number of fused-ring (bicyclic) bond motifs is 2. The van der Waals surface area contributed by atoms with Gasteiger partial charge in [0.05, 0.1) is 29.5 Å². The number of benzene rings is 4. The number of nitrogens with one attached hydrogen (secondary N) is 1. The Morgan fingerprint density at radius 2 is 0.714 bits per heavy atom. The lowest BCUT2D eigenvalue weighted by Gasteiger charge is -2.32. The number of halogens is 2. The molecule has 77 heavy (non-hydrogen) atoms. The number of nitro groups is 2. The van der Waals surface area contributed by atoms with Crippen molar-refractivity contribution in [1.82, 2.24) is 0 Å². The van der Waals surface area contributed by atoms with Crippen molar-refractivity contribution >= 4 is 44.9 Å². The highest BCUT2D eigenvalue weighted by atomic mass is 35.5. The van der Waals surface area contributed by atoms with Crippen LogP contribution in [0.25, 0.3) is 21.9 Å². The maximum Gasteiger partial charge on any atom is 0.416 e. The van der Waals surface area contributed by atoms with Crippen molar-refractivity contribution < 1.29 is 36.0 Å². The van der Waals surface area contributed by atoms with Gasteiger partial charge in [0.1, 0.15) is 16.2 Å². The minimum atomic E-state index is -1.02. The van der Waals surface area contributed by atoms with Crippen LogP contribution in [0.2, 0.25) is 5.02 Å². The van der Waals surface area contributed by atoms with E-state index in [9.17, 15) is 29.8 Å². The second-order valence-electron chi connectivity index (χ2n) is 22.3. The van der Waals surface area contributed by atoms with Gasteiger partial charge in [-0.15, -0.1) is 0 Å². The van der Waals surface area contributed by atoms with Crippen molar-refractivity contribution in [3.05, 3.63) is 163 Å². The second-order valence-corrected chi connectivity index (χ2v) is 22.7. The van der Waals surface area contributed by atoms with E-state index >= 15 is 0 Å². The quantitative estimate of drug-likeness (QED) is 0.0899. The topological polar surface area (TPSA) is 151 Å². The Labute approximate surface area is 473 Å². The van der Waals surface area contributed by atoms with Crippen LogP contribution in [0.1, 0.15) is 187 Å². The molecule has 6 aromatic rings. The molecule has 2 heterocycles. The molecule has 0 saturated carbocycles. The zero-order chi connectivity index (χ0) is 57.3. The van der Waals surface area contributed by atoms with Gasteiger partial charge < -0.3 is 26.1 Å². The van der Waals surface area contributed by atoms with Crippen LogP contribution >= 0.6 is 11.6 Å². The van der Waals surface area contributed by atoms with Crippen LogP contribution in [-0.2, 0) is 17.3 Å². The maximum absolute atomic E-state index is 12.9. The van der Waals surface area contributed by atoms with E-state index in [1.165, 1.54) is 86.4 Å². The largest absolute Gasteiger partial charge is 1.00 e. The fraction of sp³-hybridized carbons (Fsp3) is 0.531. The van der Waals surface area contributed by atoms with Crippen LogP contribution in [0.15, 0.2) is 18.4 Å². The van der Waals surface area contributed by atoms with Crippen molar-refractivity contribution in [3.63, 3.8) is 0 Å². The van der Waals surface area contributed by atoms with E-state index in [4.69, 9.17) is 20.4 Å². The monoisotopic (exact) mass is 1100 g/mol. The van der Waals surface area contributed by atoms with Crippen molar-refractivity contribution in [2.24, 2.45) is 0 Å². The van der Waals surface area contributed by atoms with Crippen LogP contribution in [-0.4, -0.2) is 29.5 Å². The molecule has 1 N–H and O–H groups in total. The van der Waals surface area contributed by atoms with Crippen LogP contribution in [0, 0.1) is 145 Å². The fourth-order valence-corrected chi connectivity index (χ4v) is 11.5. The van der Waals surface area contributed by atoms with Gasteiger partial charge in [-0.1, -0.05) is 61.1 Å². The molecule has 0 unspecified atom stereocenters. The standard InChI is InChI=1S/C28H35NO4.C15H24.C13H12ClNO4.C6H15N.2CH4.ClH/c1-13-15(3)19(7)24(20(8)16(13)4)28(10,11)12-22-23-18(6)14(2)17(5)21(9)26(23)33-27(30)25(22)29(31)32;1-9-10(2)12(4)14(15(6,7)8)13(5)11(9)3;1-5-6(2)8(4)12-9(7(5)3)10(14)11(15(17)18)13(16)19-12;1-4-7(5-2)6-3;;;/h12H2,1-11H3;1-8H3;1-4H3;4-6H2,1-3H3;2*1H4;1H. The van der Waals surface area contributed by atoms with Crippen molar-refractivity contribution in [2.75, 3.05) is 19.6 Å². The normalized spacial score (nSPS) is 11.1. The number of quaternary nitrogens is 1. The predicted octanol–water partition coefficient (Wildman–Crippen LogP) is 13.3. The Morgan fingerprint density at radius 3 is 1.03 bits per heavy atom. The predicted molar refractivity (Wildman–Crippen MR) is 323 cm³/mol. The van der Waals surface area contributed by atoms with Gasteiger partial charge in [0.2, 0.25) is 0 Å². The van der Waals surface area contributed by atoms with E-state index in [-0.39, 0.29) is 37.7 Å². The molecule has 4 aromatic carbocycles. The summed E-state index contributed by atoms with van der Waals surface area (Å²) in [6.45, 7) is 58.8. The van der Waals surface area contributed by atoms with Gasteiger partial charge in [-0.05, 0) is 274 Å². The first-order valence-electron chi connectivity index (χ1n) is 26.0. The summed E-state index contributed by atoms with van der Waals surface area (Å²) in [7, 11) is 0. The summed E-state index contributed by atoms with van der Waals surface area (Å²) >= 11 is 6.04. The molecular formula is C64H95Cl2N3O8. The lowest BCUT2D eigenvalue weighted by Crippen LogP contribution is -3.11. The van der Waals surface area contributed by atoms with Gasteiger partial charge in [-0.2, -0.15) is 0 Å². The van der Waals surface area contributed by atoms with Gasteiger partial charge in [0, 0.05) is 16.3 Å². The summed E-state index contributed by atoms with van der Waals surface area (Å²) in [4.78, 5) is 47.8. The first kappa shape index (κ1) is 71.6. The average Bonchev–Trinajstić information content (AvgIpc) is 3.31. The SMILES string of the molecule is C.C.CC[NH+](CC)CC.Cc1c(C)c(C)c(C(C)(C)C)c(C)c1C.Cc1c(C)c(C)c(C(C)(C)Cc2c([N+](=O)[O-])c(=O)oc3c(C)c(C)c(C)c(C)c23)c(C)c1C.Cc1c(C)c(C)c2c(Cl)c([N+](=O)[O-])c(=O)oc2c1C.[Cl-]. The van der Waals surface area contributed by atoms with E-state index in [0.717, 1.165) is 44.5 Å². The van der Waals surface area contributed by atoms with Crippen LogP contribution in [0.3, 0.4) is 0 Å². The molecule has 0 spiro atoms. The number of rotatable bonds is 8. The first-order valence-corrected chi connectivity index (χ1v) is 26.4. The minimum absolute atomic E-state index is 0. The van der Waals surface area contributed by atoms with Crippen molar-refractivity contribution in [1.29, 1.82) is 0 Å². The van der Waals surface area contributed by atoms with Gasteiger partial charge >= 0.3 is 22.6 Å². The molecule has 0 aliphatic rings. The van der Waals surface area contributed by atoms with Crippen LogP contribution < -0.4 is 28.6 Å². The molecule has 0 bridgehead atoms. The first-order chi connectivity index (χ1) is 33.9. The molecule has 428 valence electrons. The van der Waals surface area contributed by atoms with E-state index in [1.54, 1.807) is 18.7 Å². The summed E-state index contributed by atoms with van der Waals surface area (Å²) in [6.07, 6.45) is 0.359. The lowest BCUT2D eigenvalue weighted by atomic mass is 9.72. The molecule has 2 aromatic heterocycles. The Kier molecular flexibility index (Phi) is 25.6. The summed E-state index contributed by atoms with van der Waals surface area (Å²) in [5, 5.41) is 24.0. The number of nitrogens with zero attached hydrogens (tertiary/aromatic N) is 2. The van der Waals surface area contributed by atoms with Gasteiger partial charge in [0.15, 0.2) is 0 Å². The van der Waals surface area contributed by atoms with E-state index in [2.05, 4.69) is 125 Å². The van der Waals surface area contributed by atoms with E-state index in [1.807, 2.05) is 41.5 Å². The molecule has 0 aliphatic heterocycles. The van der Waals surface area contributed by atoms with Crippen molar-refractivity contribution in [3.8, 4) is 0 Å². The molecule has 0 saturated heterocycles. The molecule has 11 nitrogen and oxygen atoms in total. The van der Waals surface area contributed by atoms with Gasteiger partial charge in [0.25, 0.3) is 0 Å². The van der Waals surface area contributed by atoms with Crippen LogP contribution in [0.5, 0.6) is 0 Å². The fourth-order valence-electron chi connectivity index (χ4n) is 11.1. The molecule has 0 aliphatic carbocycles. The number of hydrogen-bond acceptors (Lipinski definition) is 8. The summed E-state index contributed by atoms with van der Waals surface area (Å²) in [6, 6.07) is 0. The maximum atomic E-state index is 12.9. The molecule has 6 rings (SSSR count). The number of aryl methyl sites for hydroxylation is 4.